The molecule has 5 rings (SSSR count). The second-order valence-corrected chi connectivity index (χ2v) is 13.5. The molecular weight excluding hydrogens is 582 g/mol. The van der Waals surface area contributed by atoms with Crippen molar-refractivity contribution in [1.29, 1.82) is 0 Å². The van der Waals surface area contributed by atoms with Gasteiger partial charge >= 0.3 is 5.97 Å². The Hall–Kier alpha value is -3.52. The highest BCUT2D eigenvalue weighted by Gasteiger charge is 2.38. The first-order chi connectivity index (χ1) is 22.2. The molecule has 2 fully saturated rings. The average Bonchev–Trinajstić information content (AvgIpc) is 3.17. The van der Waals surface area contributed by atoms with Gasteiger partial charge in [0.1, 0.15) is 11.9 Å². The lowest BCUT2D eigenvalue weighted by atomic mass is 9.69. The number of phenolic OH excluding ortho intramolecular Hbond substituents is 2. The Morgan fingerprint density at radius 3 is 2.37 bits per heavy atom. The molecule has 0 heterocycles. The summed E-state index contributed by atoms with van der Waals surface area (Å²) in [5.74, 6) is 1.25. The summed E-state index contributed by atoms with van der Waals surface area (Å²) in [4.78, 5) is 26.0. The minimum atomic E-state index is -0.556. The van der Waals surface area contributed by atoms with Crippen LogP contribution in [-0.4, -0.2) is 54.9 Å². The van der Waals surface area contributed by atoms with Crippen molar-refractivity contribution < 1.29 is 34.0 Å². The predicted molar refractivity (Wildman–Crippen MR) is 178 cm³/mol. The van der Waals surface area contributed by atoms with Gasteiger partial charge in [-0.05, 0) is 103 Å². The molecule has 0 aromatic heterocycles. The molecule has 4 atom stereocenters. The maximum atomic E-state index is 13.9. The molecule has 0 aliphatic heterocycles. The van der Waals surface area contributed by atoms with Crippen LogP contribution >= 0.6 is 0 Å². The molecule has 2 saturated carbocycles. The lowest BCUT2D eigenvalue weighted by Crippen LogP contribution is -2.32. The summed E-state index contributed by atoms with van der Waals surface area (Å²) in [5.41, 5.74) is 4.20. The van der Waals surface area contributed by atoms with Crippen LogP contribution in [0.25, 0.3) is 5.57 Å². The Labute approximate surface area is 273 Å². The van der Waals surface area contributed by atoms with Gasteiger partial charge in [-0.15, -0.1) is 0 Å². The normalized spacial score (nSPS) is 22.1. The van der Waals surface area contributed by atoms with E-state index in [-0.39, 0.29) is 29.6 Å². The fourth-order valence-corrected chi connectivity index (χ4v) is 8.01. The van der Waals surface area contributed by atoms with Crippen molar-refractivity contribution in [2.45, 2.75) is 108 Å². The van der Waals surface area contributed by atoms with E-state index in [0.29, 0.717) is 48.6 Å². The summed E-state index contributed by atoms with van der Waals surface area (Å²) in [6.45, 7) is 2.12. The molecule has 8 heteroatoms. The van der Waals surface area contributed by atoms with Crippen LogP contribution in [0.15, 0.2) is 36.4 Å². The molecule has 0 spiro atoms. The molecular formula is C38H51NO7. The number of methoxy groups -OCH3 is 2. The summed E-state index contributed by atoms with van der Waals surface area (Å²) < 4.78 is 16.5. The van der Waals surface area contributed by atoms with Crippen LogP contribution in [0.3, 0.4) is 0 Å². The van der Waals surface area contributed by atoms with Gasteiger partial charge in [0.05, 0.1) is 14.2 Å². The van der Waals surface area contributed by atoms with Crippen LogP contribution in [0.4, 0.5) is 0 Å². The second kappa shape index (κ2) is 15.9. The monoisotopic (exact) mass is 633 g/mol. The van der Waals surface area contributed by atoms with E-state index in [1.165, 1.54) is 58.1 Å². The zero-order chi connectivity index (χ0) is 32.6. The quantitative estimate of drug-likeness (QED) is 0.198. The number of esters is 1. The number of phenols is 2. The van der Waals surface area contributed by atoms with Crippen LogP contribution < -0.4 is 14.8 Å². The molecule has 0 bridgehead atoms. The van der Waals surface area contributed by atoms with Crippen molar-refractivity contribution in [3.8, 4) is 23.0 Å². The fourth-order valence-electron chi connectivity index (χ4n) is 8.01. The van der Waals surface area contributed by atoms with E-state index >= 15 is 0 Å². The van der Waals surface area contributed by atoms with E-state index in [1.807, 2.05) is 18.2 Å². The van der Waals surface area contributed by atoms with Crippen LogP contribution in [0, 0.1) is 11.8 Å². The van der Waals surface area contributed by atoms with Crippen molar-refractivity contribution in [2.24, 2.45) is 11.8 Å². The van der Waals surface area contributed by atoms with Crippen molar-refractivity contribution in [3.63, 3.8) is 0 Å². The number of Topliss-reactive ketones (excluding diaryl/α,β-unsaturated/α-hetero) is 1. The number of benzene rings is 2. The van der Waals surface area contributed by atoms with Gasteiger partial charge in [-0.25, -0.2) is 0 Å². The Bertz CT molecular complexity index is 1400. The standard InChI is InChI=1S/C38H51NO7/c1-24(40)46-30(15-13-25-14-16-35(42)37(17-25)44-2)19-29(41)20-33-31-12-8-7-9-26(31)18-27(23-39-28-10-5-4-6-11-28)32-21-36(43)38(45-3)22-34(32)33/h14,16-18,21-22,26,28,30-31,33,39,42-43H,4-13,15,19-20,23H2,1-3H3/t26-,30-,31+,33-/m1/s1. The van der Waals surface area contributed by atoms with Gasteiger partial charge in [-0.3, -0.25) is 9.59 Å². The maximum absolute atomic E-state index is 13.9. The molecule has 46 heavy (non-hydrogen) atoms. The number of fused-ring (bicyclic) bond motifs is 2. The SMILES string of the molecule is COc1cc(CC[C@H](CC(=O)C[C@H]2c3cc(OC)c(O)cc3C(CNC3CCCCC3)=C[C@H]3CCCC[C@@H]32)OC(C)=O)ccc1O. The largest absolute Gasteiger partial charge is 0.504 e. The number of ketones is 1. The van der Waals surface area contributed by atoms with Crippen molar-refractivity contribution >= 4 is 17.3 Å². The number of allylic oxidation sites excluding steroid dienone is 1. The van der Waals surface area contributed by atoms with Gasteiger partial charge in [0.2, 0.25) is 0 Å². The van der Waals surface area contributed by atoms with E-state index < -0.39 is 12.1 Å². The van der Waals surface area contributed by atoms with Gasteiger partial charge in [-0.1, -0.05) is 44.2 Å². The predicted octanol–water partition coefficient (Wildman–Crippen LogP) is 7.24. The molecule has 3 aliphatic carbocycles. The molecule has 2 aromatic rings. The molecule has 250 valence electrons. The highest BCUT2D eigenvalue weighted by atomic mass is 16.5. The zero-order valence-electron chi connectivity index (χ0n) is 27.7. The number of rotatable bonds is 13. The topological polar surface area (TPSA) is 114 Å². The van der Waals surface area contributed by atoms with Crippen molar-refractivity contribution in [2.75, 3.05) is 20.8 Å². The lowest BCUT2D eigenvalue weighted by molar-refractivity contribution is -0.147. The van der Waals surface area contributed by atoms with Crippen LogP contribution in [0.1, 0.15) is 107 Å². The fraction of sp³-hybridized carbons (Fsp3) is 0.579. The first-order valence-corrected chi connectivity index (χ1v) is 17.2. The number of ether oxygens (including phenoxy) is 3. The summed E-state index contributed by atoms with van der Waals surface area (Å²) in [7, 11) is 3.07. The average molecular weight is 634 g/mol. The Kier molecular flexibility index (Phi) is 11.7. The third-order valence-electron chi connectivity index (χ3n) is 10.3. The number of nitrogens with one attached hydrogen (secondary N) is 1. The smallest absolute Gasteiger partial charge is 0.302 e. The molecule has 0 saturated heterocycles. The summed E-state index contributed by atoms with van der Waals surface area (Å²) in [6, 6.07) is 9.47. The first kappa shape index (κ1) is 33.8. The van der Waals surface area contributed by atoms with Crippen LogP contribution in [-0.2, 0) is 20.7 Å². The minimum Gasteiger partial charge on any atom is -0.504 e. The summed E-state index contributed by atoms with van der Waals surface area (Å²) >= 11 is 0. The highest BCUT2D eigenvalue weighted by Crippen LogP contribution is 2.50. The first-order valence-electron chi connectivity index (χ1n) is 17.2. The van der Waals surface area contributed by atoms with Crippen molar-refractivity contribution in [1.82, 2.24) is 5.32 Å². The summed E-state index contributed by atoms with van der Waals surface area (Å²) in [6.07, 6.45) is 14.0. The Morgan fingerprint density at radius 2 is 1.63 bits per heavy atom. The van der Waals surface area contributed by atoms with Gasteiger partial charge < -0.3 is 29.7 Å². The lowest BCUT2D eigenvalue weighted by Gasteiger charge is -2.35. The molecule has 0 amide bonds. The van der Waals surface area contributed by atoms with E-state index in [2.05, 4.69) is 11.4 Å². The van der Waals surface area contributed by atoms with E-state index in [4.69, 9.17) is 14.2 Å². The van der Waals surface area contributed by atoms with E-state index in [9.17, 15) is 19.8 Å². The number of aromatic hydroxyl groups is 2. The molecule has 3 aliphatic rings. The van der Waals surface area contributed by atoms with Crippen molar-refractivity contribution in [3.05, 3.63) is 53.1 Å². The van der Waals surface area contributed by atoms with Gasteiger partial charge in [0.25, 0.3) is 0 Å². The minimum absolute atomic E-state index is 0.0370. The highest BCUT2D eigenvalue weighted by molar-refractivity contribution is 5.82. The number of hydrogen-bond acceptors (Lipinski definition) is 8. The number of carbonyl (C=O) groups is 2. The molecule has 2 aromatic carbocycles. The summed E-state index contributed by atoms with van der Waals surface area (Å²) in [5, 5.41) is 24.7. The van der Waals surface area contributed by atoms with E-state index in [0.717, 1.165) is 42.5 Å². The third kappa shape index (κ3) is 8.44. The number of hydrogen-bond donors (Lipinski definition) is 3. The molecule has 0 radical (unpaired) electrons. The zero-order valence-corrected chi connectivity index (χ0v) is 27.7. The molecule has 0 unspecified atom stereocenters. The Morgan fingerprint density at radius 1 is 0.913 bits per heavy atom. The number of carbonyl (C=O) groups excluding carboxylic acids is 2. The van der Waals surface area contributed by atoms with Gasteiger partial charge in [0, 0.05) is 32.4 Å². The molecule has 3 N–H and O–H groups in total. The third-order valence-corrected chi connectivity index (χ3v) is 10.3. The van der Waals surface area contributed by atoms with Gasteiger partial charge in [-0.2, -0.15) is 0 Å². The van der Waals surface area contributed by atoms with Crippen LogP contribution in [0.5, 0.6) is 23.0 Å². The Balaban J connectivity index is 1.38. The van der Waals surface area contributed by atoms with Crippen LogP contribution in [0.2, 0.25) is 0 Å². The second-order valence-electron chi connectivity index (χ2n) is 13.5. The maximum Gasteiger partial charge on any atom is 0.302 e. The molecule has 8 nitrogen and oxygen atoms in total. The van der Waals surface area contributed by atoms with Gasteiger partial charge in [0.15, 0.2) is 23.0 Å². The van der Waals surface area contributed by atoms with E-state index in [1.54, 1.807) is 19.2 Å². The number of aryl methyl sites for hydroxylation is 1.